The van der Waals surface area contributed by atoms with Crippen LogP contribution in [-0.4, -0.2) is 6.04 Å². The lowest BCUT2D eigenvalue weighted by molar-refractivity contribution is 0.374. The average Bonchev–Trinajstić information content (AvgIpc) is 2.38. The topological polar surface area (TPSA) is 12.0 Å². The number of para-hydroxylation sites is 1. The van der Waals surface area contributed by atoms with E-state index in [1.807, 2.05) is 12.1 Å². The van der Waals surface area contributed by atoms with Crippen molar-refractivity contribution < 1.29 is 0 Å². The van der Waals surface area contributed by atoms with Gasteiger partial charge in [-0.25, -0.2) is 0 Å². The zero-order chi connectivity index (χ0) is 14.1. The summed E-state index contributed by atoms with van der Waals surface area (Å²) in [7, 11) is 0. The average molecular weight is 351 g/mol. The second-order valence-electron chi connectivity index (χ2n) is 5.49. The molecule has 1 aliphatic rings. The molecule has 0 amide bonds. The molecule has 2 aromatic carbocycles. The highest BCUT2D eigenvalue weighted by atomic mass is 79.9. The van der Waals surface area contributed by atoms with E-state index in [0.717, 1.165) is 15.2 Å². The molecule has 1 fully saturated rings. The van der Waals surface area contributed by atoms with Gasteiger partial charge in [-0.3, -0.25) is 0 Å². The molecule has 2 aromatic rings. The maximum atomic E-state index is 6.26. The Morgan fingerprint density at radius 2 is 1.80 bits per heavy atom. The summed E-state index contributed by atoms with van der Waals surface area (Å²) in [5.41, 5.74) is 3.74. The van der Waals surface area contributed by atoms with Crippen LogP contribution in [0.1, 0.15) is 29.9 Å². The van der Waals surface area contributed by atoms with Gasteiger partial charge in [0, 0.05) is 10.5 Å². The van der Waals surface area contributed by atoms with Gasteiger partial charge < -0.3 is 5.32 Å². The number of hydrogen-bond acceptors (Lipinski definition) is 1. The lowest BCUT2D eigenvalue weighted by Crippen LogP contribution is -2.34. The summed E-state index contributed by atoms with van der Waals surface area (Å²) in [5, 5.41) is 4.40. The number of anilines is 1. The van der Waals surface area contributed by atoms with E-state index in [9.17, 15) is 0 Å². The minimum absolute atomic E-state index is 0.530. The largest absolute Gasteiger partial charge is 0.381 e. The normalized spacial score (nSPS) is 21.4. The van der Waals surface area contributed by atoms with E-state index in [4.69, 9.17) is 11.6 Å². The molecule has 1 nitrogen and oxygen atoms in total. The minimum atomic E-state index is 0.530. The van der Waals surface area contributed by atoms with Crippen molar-refractivity contribution in [2.45, 2.75) is 31.7 Å². The van der Waals surface area contributed by atoms with Gasteiger partial charge in [0.25, 0.3) is 0 Å². The van der Waals surface area contributed by atoms with E-state index in [1.54, 1.807) is 0 Å². The zero-order valence-electron chi connectivity index (χ0n) is 11.4. The molecular weight excluding hydrogens is 334 g/mol. The Bertz CT molecular complexity index is 583. The van der Waals surface area contributed by atoms with Gasteiger partial charge in [0.1, 0.15) is 0 Å². The van der Waals surface area contributed by atoms with Crippen LogP contribution in [0.3, 0.4) is 0 Å². The van der Waals surface area contributed by atoms with E-state index in [0.29, 0.717) is 12.0 Å². The number of aryl methyl sites for hydroxylation is 1. The Morgan fingerprint density at radius 3 is 2.45 bits per heavy atom. The third kappa shape index (κ3) is 2.87. The predicted molar refractivity (Wildman–Crippen MR) is 89.7 cm³/mol. The van der Waals surface area contributed by atoms with Crippen molar-refractivity contribution >= 4 is 33.2 Å². The lowest BCUT2D eigenvalue weighted by Gasteiger charge is -2.37. The molecule has 0 heterocycles. The van der Waals surface area contributed by atoms with Crippen LogP contribution in [-0.2, 0) is 0 Å². The molecule has 20 heavy (non-hydrogen) atoms. The van der Waals surface area contributed by atoms with Crippen LogP contribution in [0.5, 0.6) is 0 Å². The standard InChI is InChI=1S/C17H17BrClN/c1-11-3-2-4-16(19)17(11)20-15-9-13(10-15)12-5-7-14(18)8-6-12/h2-8,13,15,20H,9-10H2,1H3. The maximum Gasteiger partial charge on any atom is 0.0640 e. The van der Waals surface area contributed by atoms with E-state index in [-0.39, 0.29) is 0 Å². The van der Waals surface area contributed by atoms with Gasteiger partial charge in [0.05, 0.1) is 10.7 Å². The molecular formula is C17H17BrClN. The van der Waals surface area contributed by atoms with Crippen LogP contribution >= 0.6 is 27.5 Å². The van der Waals surface area contributed by atoms with Crippen LogP contribution in [0.4, 0.5) is 5.69 Å². The minimum Gasteiger partial charge on any atom is -0.381 e. The first kappa shape index (κ1) is 14.0. The van der Waals surface area contributed by atoms with Gasteiger partial charge in [-0.15, -0.1) is 0 Å². The predicted octanol–water partition coefficient (Wildman–Crippen LogP) is 5.77. The van der Waals surface area contributed by atoms with Crippen molar-refractivity contribution in [3.63, 3.8) is 0 Å². The van der Waals surface area contributed by atoms with Crippen molar-refractivity contribution in [2.75, 3.05) is 5.32 Å². The third-order valence-corrected chi connectivity index (χ3v) is 4.89. The highest BCUT2D eigenvalue weighted by Crippen LogP contribution is 2.40. The Hall–Kier alpha value is -0.990. The zero-order valence-corrected chi connectivity index (χ0v) is 13.7. The van der Waals surface area contributed by atoms with E-state index >= 15 is 0 Å². The molecule has 104 valence electrons. The summed E-state index contributed by atoms with van der Waals surface area (Å²) >= 11 is 9.74. The molecule has 0 atom stereocenters. The van der Waals surface area contributed by atoms with Crippen molar-refractivity contribution in [1.29, 1.82) is 0 Å². The summed E-state index contributed by atoms with van der Waals surface area (Å²) in [6.45, 7) is 2.10. The van der Waals surface area contributed by atoms with Crippen molar-refractivity contribution in [3.8, 4) is 0 Å². The Labute approximate surface area is 133 Å². The highest BCUT2D eigenvalue weighted by molar-refractivity contribution is 9.10. The van der Waals surface area contributed by atoms with Crippen molar-refractivity contribution in [1.82, 2.24) is 0 Å². The molecule has 0 unspecified atom stereocenters. The molecule has 1 N–H and O–H groups in total. The van der Waals surface area contributed by atoms with Crippen LogP contribution in [0.15, 0.2) is 46.9 Å². The van der Waals surface area contributed by atoms with Crippen molar-refractivity contribution in [3.05, 3.63) is 63.1 Å². The maximum absolute atomic E-state index is 6.26. The fourth-order valence-corrected chi connectivity index (χ4v) is 3.30. The second-order valence-corrected chi connectivity index (χ2v) is 6.82. The smallest absolute Gasteiger partial charge is 0.0640 e. The Morgan fingerprint density at radius 1 is 1.10 bits per heavy atom. The molecule has 1 saturated carbocycles. The summed E-state index contributed by atoms with van der Waals surface area (Å²) in [6.07, 6.45) is 2.35. The summed E-state index contributed by atoms with van der Waals surface area (Å²) in [4.78, 5) is 0. The fraction of sp³-hybridized carbons (Fsp3) is 0.294. The Kier molecular flexibility index (Phi) is 4.04. The summed E-state index contributed by atoms with van der Waals surface area (Å²) in [5.74, 6) is 0.670. The molecule has 0 bridgehead atoms. The highest BCUT2D eigenvalue weighted by Gasteiger charge is 2.30. The molecule has 3 rings (SSSR count). The third-order valence-electron chi connectivity index (χ3n) is 4.05. The van der Waals surface area contributed by atoms with Gasteiger partial charge in [-0.2, -0.15) is 0 Å². The molecule has 3 heteroatoms. The number of halogens is 2. The van der Waals surface area contributed by atoms with Crippen LogP contribution in [0, 0.1) is 6.92 Å². The van der Waals surface area contributed by atoms with Crippen LogP contribution in [0.25, 0.3) is 0 Å². The Balaban J connectivity index is 1.62. The fourth-order valence-electron chi connectivity index (χ4n) is 2.76. The second kappa shape index (κ2) is 5.79. The first-order valence-corrected chi connectivity index (χ1v) is 8.07. The van der Waals surface area contributed by atoms with Gasteiger partial charge in [-0.05, 0) is 55.0 Å². The van der Waals surface area contributed by atoms with Gasteiger partial charge in [0.15, 0.2) is 0 Å². The quantitative estimate of drug-likeness (QED) is 0.741. The van der Waals surface area contributed by atoms with E-state index in [2.05, 4.69) is 58.5 Å². The lowest BCUT2D eigenvalue weighted by atomic mass is 9.76. The molecule has 1 aliphatic carbocycles. The van der Waals surface area contributed by atoms with E-state index < -0.39 is 0 Å². The molecule has 0 aliphatic heterocycles. The number of benzene rings is 2. The van der Waals surface area contributed by atoms with Gasteiger partial charge in [-0.1, -0.05) is 51.8 Å². The number of rotatable bonds is 3. The van der Waals surface area contributed by atoms with Gasteiger partial charge >= 0.3 is 0 Å². The first-order valence-electron chi connectivity index (χ1n) is 6.90. The van der Waals surface area contributed by atoms with Gasteiger partial charge in [0.2, 0.25) is 0 Å². The van der Waals surface area contributed by atoms with Crippen LogP contribution < -0.4 is 5.32 Å². The van der Waals surface area contributed by atoms with Crippen LogP contribution in [0.2, 0.25) is 5.02 Å². The van der Waals surface area contributed by atoms with Crippen molar-refractivity contribution in [2.24, 2.45) is 0 Å². The molecule has 0 spiro atoms. The summed E-state index contributed by atoms with van der Waals surface area (Å²) in [6, 6.07) is 15.2. The SMILES string of the molecule is Cc1cccc(Cl)c1NC1CC(c2ccc(Br)cc2)C1. The number of hydrogen-bond donors (Lipinski definition) is 1. The first-order chi connectivity index (χ1) is 9.63. The van der Waals surface area contributed by atoms with E-state index in [1.165, 1.54) is 24.0 Å². The monoisotopic (exact) mass is 349 g/mol. The molecule has 0 aromatic heterocycles. The summed E-state index contributed by atoms with van der Waals surface area (Å²) < 4.78 is 1.14. The molecule has 0 saturated heterocycles. The number of nitrogens with one attached hydrogen (secondary N) is 1. The molecule has 0 radical (unpaired) electrons.